The molecule has 0 aliphatic rings. The Morgan fingerprint density at radius 1 is 0.435 bits per heavy atom. The van der Waals surface area contributed by atoms with Gasteiger partial charge in [-0.15, -0.1) is 0 Å². The topological polar surface area (TPSA) is 18.5 Å². The summed E-state index contributed by atoms with van der Waals surface area (Å²) in [5.41, 5.74) is 3.87. The van der Waals surface area contributed by atoms with Gasteiger partial charge in [0.25, 0.3) is 10.0 Å². The van der Waals surface area contributed by atoms with Crippen LogP contribution in [0.5, 0.6) is 0 Å². The highest BCUT2D eigenvalue weighted by atomic mass is 28.4. The molecule has 0 aliphatic heterocycles. The molecule has 0 aromatic carbocycles. The lowest BCUT2D eigenvalue weighted by Gasteiger charge is -2.46. The highest BCUT2D eigenvalue weighted by Crippen LogP contribution is 2.44. The quantitative estimate of drug-likeness (QED) is 0.412. The van der Waals surface area contributed by atoms with E-state index in [2.05, 4.69) is 83.1 Å². The molecule has 23 heavy (non-hydrogen) atoms. The summed E-state index contributed by atoms with van der Waals surface area (Å²) in [6, 6.07) is 0. The second-order valence-electron chi connectivity index (χ2n) is 9.04. The van der Waals surface area contributed by atoms with Crippen LogP contribution in [0.3, 0.4) is 0 Å². The van der Waals surface area contributed by atoms with Crippen molar-refractivity contribution < 1.29 is 8.23 Å². The molecule has 0 radical (unpaired) electrons. The van der Waals surface area contributed by atoms with E-state index >= 15 is 0 Å². The van der Waals surface area contributed by atoms with Crippen LogP contribution in [0.15, 0.2) is 0 Å². The molecule has 5 heteroatoms. The van der Waals surface area contributed by atoms with Crippen molar-refractivity contribution in [2.75, 3.05) is 0 Å². The summed E-state index contributed by atoms with van der Waals surface area (Å²) in [6.07, 6.45) is 0. The Labute approximate surface area is 151 Å². The second-order valence-corrected chi connectivity index (χ2v) is 21.9. The van der Waals surface area contributed by atoms with Gasteiger partial charge in [-0.1, -0.05) is 83.1 Å². The molecule has 0 aromatic rings. The van der Waals surface area contributed by atoms with Crippen molar-refractivity contribution in [3.8, 4) is 0 Å². The van der Waals surface area contributed by atoms with Crippen LogP contribution in [0, 0.1) is 0 Å². The van der Waals surface area contributed by atoms with E-state index < -0.39 is 26.6 Å². The SMILES string of the molecule is CC(C)[Si](O[SiH2]O[Si](C(C)C)(C(C)C)C(C)C)(C(C)C)C(C)C. The average molecular weight is 377 g/mol. The Bertz CT molecular complexity index is 264. The van der Waals surface area contributed by atoms with Crippen molar-refractivity contribution >= 4 is 26.6 Å². The van der Waals surface area contributed by atoms with Gasteiger partial charge in [0.05, 0.1) is 0 Å². The molecule has 0 amide bonds. The predicted molar refractivity (Wildman–Crippen MR) is 113 cm³/mol. The zero-order valence-corrected chi connectivity index (χ0v) is 21.4. The Balaban J connectivity index is 5.33. The van der Waals surface area contributed by atoms with Crippen LogP contribution in [-0.4, -0.2) is 26.6 Å². The molecule has 2 nitrogen and oxygen atoms in total. The highest BCUT2D eigenvalue weighted by Gasteiger charge is 2.48. The molecular formula is C18H44O2Si3. The van der Waals surface area contributed by atoms with Gasteiger partial charge in [0.15, 0.2) is 16.6 Å². The Kier molecular flexibility index (Phi) is 9.55. The number of hydrogen-bond donors (Lipinski definition) is 0. The van der Waals surface area contributed by atoms with E-state index in [1.807, 2.05) is 0 Å². The van der Waals surface area contributed by atoms with Crippen LogP contribution in [0.2, 0.25) is 33.2 Å². The molecule has 0 spiro atoms. The highest BCUT2D eigenvalue weighted by molar-refractivity contribution is 6.84. The first-order valence-corrected chi connectivity index (χ1v) is 15.1. The first kappa shape index (κ1) is 23.6. The van der Waals surface area contributed by atoms with Gasteiger partial charge < -0.3 is 8.23 Å². The van der Waals surface area contributed by atoms with Gasteiger partial charge in [0, 0.05) is 0 Å². The van der Waals surface area contributed by atoms with Crippen LogP contribution in [0.1, 0.15) is 83.1 Å². The first-order valence-electron chi connectivity index (χ1n) is 9.65. The smallest absolute Gasteiger partial charge is 0.283 e. The molecule has 0 saturated heterocycles. The maximum absolute atomic E-state index is 6.81. The van der Waals surface area contributed by atoms with Gasteiger partial charge in [0.2, 0.25) is 0 Å². The predicted octanol–water partition coefficient (Wildman–Crippen LogP) is 6.37. The van der Waals surface area contributed by atoms with Crippen LogP contribution in [0.25, 0.3) is 0 Å². The van der Waals surface area contributed by atoms with Gasteiger partial charge in [0.1, 0.15) is 0 Å². The number of hydrogen-bond acceptors (Lipinski definition) is 2. The van der Waals surface area contributed by atoms with E-state index in [1.54, 1.807) is 0 Å². The van der Waals surface area contributed by atoms with Crippen LogP contribution in [0.4, 0.5) is 0 Å². The van der Waals surface area contributed by atoms with E-state index in [0.29, 0.717) is 33.2 Å². The van der Waals surface area contributed by atoms with Crippen molar-refractivity contribution in [3.05, 3.63) is 0 Å². The lowest BCUT2D eigenvalue weighted by atomic mass is 10.5. The van der Waals surface area contributed by atoms with E-state index in [-0.39, 0.29) is 0 Å². The fraction of sp³-hybridized carbons (Fsp3) is 1.00. The normalized spacial score (nSPS) is 14.3. The fourth-order valence-corrected chi connectivity index (χ4v) is 23.6. The van der Waals surface area contributed by atoms with Gasteiger partial charge in [-0.05, 0) is 33.2 Å². The average Bonchev–Trinajstić information content (AvgIpc) is 2.35. The van der Waals surface area contributed by atoms with Crippen molar-refractivity contribution in [1.82, 2.24) is 0 Å². The van der Waals surface area contributed by atoms with E-state index in [1.165, 1.54) is 0 Å². The van der Waals surface area contributed by atoms with Gasteiger partial charge in [-0.3, -0.25) is 0 Å². The zero-order valence-electron chi connectivity index (χ0n) is 18.0. The summed E-state index contributed by atoms with van der Waals surface area (Å²) in [6.45, 7) is 28.3. The summed E-state index contributed by atoms with van der Waals surface area (Å²) in [7, 11) is -4.48. The van der Waals surface area contributed by atoms with Crippen molar-refractivity contribution in [2.45, 2.75) is 116 Å². The van der Waals surface area contributed by atoms with Gasteiger partial charge in [-0.25, -0.2) is 0 Å². The van der Waals surface area contributed by atoms with Crippen LogP contribution < -0.4 is 0 Å². The Hall–Kier alpha value is 0.571. The summed E-state index contributed by atoms with van der Waals surface area (Å²) < 4.78 is 13.6. The third kappa shape index (κ3) is 4.81. The van der Waals surface area contributed by atoms with Crippen molar-refractivity contribution in [2.24, 2.45) is 0 Å². The van der Waals surface area contributed by atoms with Crippen LogP contribution in [-0.2, 0) is 8.23 Å². The minimum absolute atomic E-state index is 0.645. The molecule has 0 atom stereocenters. The Morgan fingerprint density at radius 2 is 0.609 bits per heavy atom. The Morgan fingerprint density at radius 3 is 0.739 bits per heavy atom. The molecule has 0 rings (SSSR count). The fourth-order valence-electron chi connectivity index (χ4n) is 5.23. The second kappa shape index (κ2) is 9.32. The summed E-state index contributed by atoms with van der Waals surface area (Å²) >= 11 is 0. The minimum atomic E-state index is -1.77. The molecule has 0 fully saturated rings. The van der Waals surface area contributed by atoms with E-state index in [4.69, 9.17) is 8.23 Å². The maximum atomic E-state index is 6.81. The molecule has 0 bridgehead atoms. The zero-order chi connectivity index (χ0) is 18.6. The monoisotopic (exact) mass is 376 g/mol. The molecule has 0 heterocycles. The molecule has 0 aromatic heterocycles. The molecule has 0 unspecified atom stereocenters. The third-order valence-electron chi connectivity index (χ3n) is 6.03. The molecular weight excluding hydrogens is 332 g/mol. The summed E-state index contributed by atoms with van der Waals surface area (Å²) in [5, 5.41) is 0. The first-order chi connectivity index (χ1) is 10.4. The van der Waals surface area contributed by atoms with Crippen molar-refractivity contribution in [1.29, 1.82) is 0 Å². The maximum Gasteiger partial charge on any atom is 0.283 e. The lowest BCUT2D eigenvalue weighted by Crippen LogP contribution is -2.53. The van der Waals surface area contributed by atoms with Gasteiger partial charge in [-0.2, -0.15) is 0 Å². The van der Waals surface area contributed by atoms with E-state index in [0.717, 1.165) is 0 Å². The lowest BCUT2D eigenvalue weighted by molar-refractivity contribution is 0.394. The molecule has 140 valence electrons. The van der Waals surface area contributed by atoms with Crippen molar-refractivity contribution in [3.63, 3.8) is 0 Å². The third-order valence-corrected chi connectivity index (χ3v) is 21.8. The standard InChI is InChI=1S/C18H44O2Si3/c1-13(2)22(14(3)4,15(5)6)19-21-20-23(16(7)8,17(9)10)18(11)12/h13-18H,21H2,1-12H3. The summed E-state index contributed by atoms with van der Waals surface area (Å²) in [5.74, 6) is 0. The molecule has 0 saturated carbocycles. The minimum Gasteiger partial charge on any atom is -0.440 e. The molecule has 0 aliphatic carbocycles. The molecule has 0 N–H and O–H groups in total. The largest absolute Gasteiger partial charge is 0.440 e. The van der Waals surface area contributed by atoms with Crippen LogP contribution >= 0.6 is 0 Å². The summed E-state index contributed by atoms with van der Waals surface area (Å²) in [4.78, 5) is 0. The number of rotatable bonds is 10. The van der Waals surface area contributed by atoms with E-state index in [9.17, 15) is 0 Å². The van der Waals surface area contributed by atoms with Gasteiger partial charge >= 0.3 is 0 Å².